The van der Waals surface area contributed by atoms with Crippen molar-refractivity contribution in [2.75, 3.05) is 0 Å². The molecule has 1 aromatic heterocycles. The van der Waals surface area contributed by atoms with E-state index in [9.17, 15) is 4.79 Å². The minimum absolute atomic E-state index is 0.231. The molecule has 0 fully saturated rings. The van der Waals surface area contributed by atoms with Crippen molar-refractivity contribution in [3.05, 3.63) is 23.8 Å². The van der Waals surface area contributed by atoms with E-state index < -0.39 is 11.7 Å². The maximum absolute atomic E-state index is 10.7. The molecule has 0 spiro atoms. The fraction of sp³-hybridized carbons (Fsp3) is 0.455. The standard InChI is InChI=1S/C11H14N4O2/c1-11(2,17-10(13)16)5-9-7-14-8(3-4-12)6-15-9/h6-7H,3,5H2,1-2H3,(H2,13,16). The molecule has 0 saturated heterocycles. The van der Waals surface area contributed by atoms with Gasteiger partial charge in [-0.15, -0.1) is 0 Å². The van der Waals surface area contributed by atoms with Crippen LogP contribution in [-0.2, 0) is 17.6 Å². The minimum Gasteiger partial charge on any atom is -0.443 e. The SMILES string of the molecule is CC(C)(Cc1cnc(CC#N)cn1)OC(N)=O. The van der Waals surface area contributed by atoms with E-state index in [0.717, 1.165) is 0 Å². The zero-order valence-electron chi connectivity index (χ0n) is 9.80. The van der Waals surface area contributed by atoms with Gasteiger partial charge >= 0.3 is 6.09 Å². The number of primary amides is 1. The second-order valence-electron chi connectivity index (χ2n) is 4.19. The van der Waals surface area contributed by atoms with E-state index in [1.807, 2.05) is 6.07 Å². The number of aromatic nitrogens is 2. The van der Waals surface area contributed by atoms with Crippen LogP contribution in [0.2, 0.25) is 0 Å². The number of nitriles is 1. The monoisotopic (exact) mass is 234 g/mol. The van der Waals surface area contributed by atoms with Gasteiger partial charge in [-0.2, -0.15) is 5.26 Å². The summed E-state index contributed by atoms with van der Waals surface area (Å²) in [5, 5.41) is 8.49. The lowest BCUT2D eigenvalue weighted by molar-refractivity contribution is 0.0453. The first-order chi connectivity index (χ1) is 7.93. The lowest BCUT2D eigenvalue weighted by atomic mass is 10.0. The van der Waals surface area contributed by atoms with Crippen LogP contribution in [0.5, 0.6) is 0 Å². The highest BCUT2D eigenvalue weighted by Crippen LogP contribution is 2.15. The van der Waals surface area contributed by atoms with Crippen molar-refractivity contribution in [1.82, 2.24) is 9.97 Å². The highest BCUT2D eigenvalue weighted by molar-refractivity contribution is 5.65. The quantitative estimate of drug-likeness (QED) is 0.835. The van der Waals surface area contributed by atoms with Crippen molar-refractivity contribution in [2.24, 2.45) is 5.73 Å². The molecule has 0 radical (unpaired) electrons. The maximum atomic E-state index is 10.7. The van der Waals surface area contributed by atoms with Gasteiger partial charge in [0.2, 0.25) is 0 Å². The van der Waals surface area contributed by atoms with E-state index in [1.54, 1.807) is 26.2 Å². The molecule has 0 saturated carbocycles. The zero-order valence-corrected chi connectivity index (χ0v) is 9.80. The van der Waals surface area contributed by atoms with Crippen LogP contribution in [0.4, 0.5) is 4.79 Å². The number of carbonyl (C=O) groups is 1. The van der Waals surface area contributed by atoms with Gasteiger partial charge in [0.15, 0.2) is 0 Å². The van der Waals surface area contributed by atoms with E-state index in [-0.39, 0.29) is 6.42 Å². The first kappa shape index (κ1) is 12.9. The summed E-state index contributed by atoms with van der Waals surface area (Å²) in [4.78, 5) is 18.9. The summed E-state index contributed by atoms with van der Waals surface area (Å²) >= 11 is 0. The van der Waals surface area contributed by atoms with Crippen LogP contribution in [0.25, 0.3) is 0 Å². The largest absolute Gasteiger partial charge is 0.443 e. The lowest BCUT2D eigenvalue weighted by Crippen LogP contribution is -2.33. The predicted octanol–water partition coefficient (Wildman–Crippen LogP) is 0.959. The Morgan fingerprint density at radius 2 is 2.06 bits per heavy atom. The molecule has 6 nitrogen and oxygen atoms in total. The highest BCUT2D eigenvalue weighted by atomic mass is 16.6. The van der Waals surface area contributed by atoms with Gasteiger partial charge in [-0.05, 0) is 13.8 Å². The van der Waals surface area contributed by atoms with Gasteiger partial charge in [-0.1, -0.05) is 0 Å². The molecule has 1 heterocycles. The smallest absolute Gasteiger partial charge is 0.405 e. The summed E-state index contributed by atoms with van der Waals surface area (Å²) in [5.74, 6) is 0. The Morgan fingerprint density at radius 3 is 2.53 bits per heavy atom. The van der Waals surface area contributed by atoms with E-state index in [0.29, 0.717) is 17.8 Å². The number of rotatable bonds is 4. The third-order valence-corrected chi connectivity index (χ3v) is 2.00. The Balaban J connectivity index is 2.69. The van der Waals surface area contributed by atoms with Gasteiger partial charge in [-0.3, -0.25) is 9.97 Å². The summed E-state index contributed by atoms with van der Waals surface area (Å²) in [6, 6.07) is 1.99. The Labute approximate surface area is 99.4 Å². The van der Waals surface area contributed by atoms with Gasteiger partial charge in [0.1, 0.15) is 5.60 Å². The molecule has 0 aliphatic carbocycles. The molecule has 1 aromatic rings. The summed E-state index contributed by atoms with van der Waals surface area (Å²) in [6.45, 7) is 3.48. The number of nitrogens with two attached hydrogens (primary N) is 1. The normalized spacial score (nSPS) is 10.6. The summed E-state index contributed by atoms with van der Waals surface area (Å²) in [5.41, 5.74) is 5.53. The van der Waals surface area contributed by atoms with Crippen LogP contribution in [-0.4, -0.2) is 21.7 Å². The van der Waals surface area contributed by atoms with Gasteiger partial charge in [0.05, 0.1) is 23.9 Å². The molecule has 0 unspecified atom stereocenters. The molecule has 17 heavy (non-hydrogen) atoms. The summed E-state index contributed by atoms with van der Waals surface area (Å²) in [6.07, 6.45) is 2.94. The molecule has 0 aliphatic heterocycles. The second-order valence-corrected chi connectivity index (χ2v) is 4.19. The lowest BCUT2D eigenvalue weighted by Gasteiger charge is -2.23. The van der Waals surface area contributed by atoms with Crippen LogP contribution >= 0.6 is 0 Å². The summed E-state index contributed by atoms with van der Waals surface area (Å²) < 4.78 is 4.94. The molecular weight excluding hydrogens is 220 g/mol. The molecule has 0 aliphatic rings. The number of hydrogen-bond acceptors (Lipinski definition) is 5. The first-order valence-electron chi connectivity index (χ1n) is 5.08. The first-order valence-corrected chi connectivity index (χ1v) is 5.08. The van der Waals surface area contributed by atoms with Crippen LogP contribution in [0.3, 0.4) is 0 Å². The molecule has 1 amide bonds. The van der Waals surface area contributed by atoms with Crippen molar-refractivity contribution in [3.8, 4) is 6.07 Å². The van der Waals surface area contributed by atoms with Gasteiger partial charge in [0, 0.05) is 18.8 Å². The second kappa shape index (κ2) is 5.25. The summed E-state index contributed by atoms with van der Waals surface area (Å²) in [7, 11) is 0. The molecule has 1 rings (SSSR count). The molecule has 0 atom stereocenters. The Hall–Kier alpha value is -2.16. The number of nitrogens with zero attached hydrogens (tertiary/aromatic N) is 3. The fourth-order valence-electron chi connectivity index (χ4n) is 1.39. The van der Waals surface area contributed by atoms with Crippen LogP contribution < -0.4 is 5.73 Å². The molecule has 0 aromatic carbocycles. The molecule has 6 heteroatoms. The Kier molecular flexibility index (Phi) is 3.99. The van der Waals surface area contributed by atoms with E-state index >= 15 is 0 Å². The third-order valence-electron chi connectivity index (χ3n) is 2.00. The van der Waals surface area contributed by atoms with Crippen LogP contribution in [0, 0.1) is 11.3 Å². The molecule has 2 N–H and O–H groups in total. The van der Waals surface area contributed by atoms with Crippen LogP contribution in [0.15, 0.2) is 12.4 Å². The molecule has 0 bridgehead atoms. The van der Waals surface area contributed by atoms with Crippen molar-refractivity contribution >= 4 is 6.09 Å². The van der Waals surface area contributed by atoms with Gasteiger partial charge < -0.3 is 10.5 Å². The average Bonchev–Trinajstić information content (AvgIpc) is 2.18. The maximum Gasteiger partial charge on any atom is 0.405 e. The Bertz CT molecular complexity index is 434. The molecular formula is C11H14N4O2. The number of hydrogen-bond donors (Lipinski definition) is 1. The van der Waals surface area contributed by atoms with Gasteiger partial charge in [-0.25, -0.2) is 4.79 Å². The average molecular weight is 234 g/mol. The number of amides is 1. The van der Waals surface area contributed by atoms with E-state index in [4.69, 9.17) is 15.7 Å². The predicted molar refractivity (Wildman–Crippen MR) is 59.8 cm³/mol. The Morgan fingerprint density at radius 1 is 1.47 bits per heavy atom. The minimum atomic E-state index is -0.816. The number of ether oxygens (including phenoxy) is 1. The van der Waals surface area contributed by atoms with E-state index in [2.05, 4.69) is 9.97 Å². The van der Waals surface area contributed by atoms with Crippen molar-refractivity contribution in [3.63, 3.8) is 0 Å². The van der Waals surface area contributed by atoms with Crippen molar-refractivity contribution in [1.29, 1.82) is 5.26 Å². The van der Waals surface area contributed by atoms with Gasteiger partial charge in [0.25, 0.3) is 0 Å². The molecule has 90 valence electrons. The third kappa shape index (κ3) is 4.47. The zero-order chi connectivity index (χ0) is 12.9. The topological polar surface area (TPSA) is 102 Å². The van der Waals surface area contributed by atoms with Crippen LogP contribution in [0.1, 0.15) is 25.2 Å². The fourth-order valence-corrected chi connectivity index (χ4v) is 1.39. The highest BCUT2D eigenvalue weighted by Gasteiger charge is 2.23. The van der Waals surface area contributed by atoms with Crippen molar-refractivity contribution < 1.29 is 9.53 Å². The van der Waals surface area contributed by atoms with Crippen molar-refractivity contribution in [2.45, 2.75) is 32.3 Å². The van der Waals surface area contributed by atoms with E-state index in [1.165, 1.54) is 0 Å². The number of carbonyl (C=O) groups excluding carboxylic acids is 1.